The van der Waals surface area contributed by atoms with E-state index in [-0.39, 0.29) is 23.5 Å². The second kappa shape index (κ2) is 7.48. The van der Waals surface area contributed by atoms with Gasteiger partial charge in [-0.15, -0.1) is 0 Å². The van der Waals surface area contributed by atoms with Crippen molar-refractivity contribution in [3.8, 4) is 22.8 Å². The van der Waals surface area contributed by atoms with Gasteiger partial charge in [-0.25, -0.2) is 13.4 Å². The summed E-state index contributed by atoms with van der Waals surface area (Å²) in [4.78, 5) is 19.0. The van der Waals surface area contributed by atoms with E-state index in [9.17, 15) is 13.2 Å². The topological polar surface area (TPSA) is 80.5 Å². The molecule has 0 N–H and O–H groups in total. The molecule has 0 aliphatic carbocycles. The Labute approximate surface area is 170 Å². The number of nitrogens with zero attached hydrogens (tertiary/aromatic N) is 2. The van der Waals surface area contributed by atoms with Crippen molar-refractivity contribution in [3.05, 3.63) is 65.9 Å². The molecule has 1 aromatic heterocycles. The average molecular weight is 410 g/mol. The summed E-state index contributed by atoms with van der Waals surface area (Å²) in [5, 5.41) is 0. The molecule has 0 radical (unpaired) electrons. The first-order valence-electron chi connectivity index (χ1n) is 9.44. The van der Waals surface area contributed by atoms with Gasteiger partial charge in [0, 0.05) is 24.2 Å². The Bertz CT molecular complexity index is 1150. The molecule has 150 valence electrons. The first-order valence-corrected chi connectivity index (χ1v) is 11.3. The number of hydrogen-bond acceptors (Lipinski definition) is 5. The van der Waals surface area contributed by atoms with Crippen molar-refractivity contribution < 1.29 is 17.6 Å². The molecule has 29 heavy (non-hydrogen) atoms. The number of hydrogen-bond donors (Lipinski definition) is 0. The van der Waals surface area contributed by atoms with Crippen molar-refractivity contribution in [2.24, 2.45) is 0 Å². The van der Waals surface area contributed by atoms with E-state index in [1.807, 2.05) is 37.3 Å². The lowest BCUT2D eigenvalue weighted by molar-refractivity contribution is 0.0748. The zero-order valence-corrected chi connectivity index (χ0v) is 17.1. The summed E-state index contributed by atoms with van der Waals surface area (Å²) in [5.74, 6) is 0.872. The van der Waals surface area contributed by atoms with E-state index in [0.717, 1.165) is 11.1 Å². The van der Waals surface area contributed by atoms with Crippen LogP contribution in [0.15, 0.2) is 59.1 Å². The number of carbonyl (C=O) groups is 1. The highest BCUT2D eigenvalue weighted by Crippen LogP contribution is 2.29. The van der Waals surface area contributed by atoms with E-state index in [1.54, 1.807) is 31.4 Å². The Balaban J connectivity index is 1.64. The summed E-state index contributed by atoms with van der Waals surface area (Å²) in [6.07, 6.45) is 2.11. The highest BCUT2D eigenvalue weighted by Gasteiger charge is 2.33. The van der Waals surface area contributed by atoms with E-state index in [2.05, 4.69) is 4.98 Å². The monoisotopic (exact) mass is 410 g/mol. The third-order valence-corrected chi connectivity index (χ3v) is 7.06. The van der Waals surface area contributed by atoms with Crippen molar-refractivity contribution >= 4 is 15.7 Å². The maximum atomic E-state index is 13.1. The number of benzene rings is 2. The maximum Gasteiger partial charge on any atom is 0.254 e. The van der Waals surface area contributed by atoms with Crippen LogP contribution in [-0.2, 0) is 9.84 Å². The van der Waals surface area contributed by atoms with Crippen LogP contribution >= 0.6 is 0 Å². The smallest absolute Gasteiger partial charge is 0.254 e. The molecule has 7 heteroatoms. The van der Waals surface area contributed by atoms with Crippen LogP contribution in [0.4, 0.5) is 0 Å². The number of sulfone groups is 1. The van der Waals surface area contributed by atoms with Crippen LogP contribution < -0.4 is 0 Å². The molecule has 0 spiro atoms. The van der Waals surface area contributed by atoms with Crippen LogP contribution in [0.25, 0.3) is 22.8 Å². The Kier molecular flexibility index (Phi) is 5.00. The zero-order chi connectivity index (χ0) is 20.6. The molecule has 6 nitrogen and oxygen atoms in total. The molecule has 1 atom stereocenters. The van der Waals surface area contributed by atoms with Crippen LogP contribution in [0, 0.1) is 6.92 Å². The van der Waals surface area contributed by atoms with E-state index in [1.165, 1.54) is 4.90 Å². The SMILES string of the molecule is Cc1ccc(-c2cnc(-c3ccccc3C(=O)N(C)[C@@H]3CCS(=O)(=O)C3)o2)cc1. The fourth-order valence-corrected chi connectivity index (χ4v) is 5.32. The Morgan fingerprint density at radius 2 is 1.86 bits per heavy atom. The van der Waals surface area contributed by atoms with Crippen LogP contribution in [0.2, 0.25) is 0 Å². The fraction of sp³-hybridized carbons (Fsp3) is 0.273. The van der Waals surface area contributed by atoms with E-state index >= 15 is 0 Å². The molecular formula is C22H22N2O4S. The third-order valence-electron chi connectivity index (χ3n) is 5.31. The average Bonchev–Trinajstić information content (AvgIpc) is 3.34. The number of rotatable bonds is 4. The van der Waals surface area contributed by atoms with Gasteiger partial charge in [0.2, 0.25) is 5.89 Å². The van der Waals surface area contributed by atoms with Gasteiger partial charge < -0.3 is 9.32 Å². The van der Waals surface area contributed by atoms with Crippen molar-refractivity contribution in [3.63, 3.8) is 0 Å². The molecule has 1 fully saturated rings. The minimum absolute atomic E-state index is 0.00792. The highest BCUT2D eigenvalue weighted by molar-refractivity contribution is 7.91. The second-order valence-electron chi connectivity index (χ2n) is 7.41. The molecule has 1 amide bonds. The number of aryl methyl sites for hydroxylation is 1. The predicted octanol–water partition coefficient (Wildman–Crippen LogP) is 3.58. The standard InChI is InChI=1S/C22H22N2O4S/c1-15-7-9-16(10-8-15)20-13-23-21(28-20)18-5-3-4-6-19(18)22(25)24(2)17-11-12-29(26,27)14-17/h3-10,13,17H,11-12,14H2,1-2H3/t17-/m1/s1. The lowest BCUT2D eigenvalue weighted by Crippen LogP contribution is -2.38. The van der Waals surface area contributed by atoms with Crippen molar-refractivity contribution in [1.82, 2.24) is 9.88 Å². The lowest BCUT2D eigenvalue weighted by atomic mass is 10.1. The Morgan fingerprint density at radius 3 is 2.55 bits per heavy atom. The summed E-state index contributed by atoms with van der Waals surface area (Å²) in [6, 6.07) is 14.7. The first-order chi connectivity index (χ1) is 13.8. The number of aromatic nitrogens is 1. The van der Waals surface area contributed by atoms with E-state index in [0.29, 0.717) is 29.2 Å². The van der Waals surface area contributed by atoms with Gasteiger partial charge in [0.25, 0.3) is 5.91 Å². The van der Waals surface area contributed by atoms with Crippen LogP contribution in [0.3, 0.4) is 0 Å². The van der Waals surface area contributed by atoms with Crippen molar-refractivity contribution in [2.45, 2.75) is 19.4 Å². The predicted molar refractivity (Wildman–Crippen MR) is 111 cm³/mol. The second-order valence-corrected chi connectivity index (χ2v) is 9.64. The van der Waals surface area contributed by atoms with E-state index < -0.39 is 9.84 Å². The Hall–Kier alpha value is -2.93. The molecule has 3 aromatic rings. The molecule has 0 unspecified atom stereocenters. The van der Waals surface area contributed by atoms with Gasteiger partial charge in [0.05, 0.1) is 23.3 Å². The Morgan fingerprint density at radius 1 is 1.14 bits per heavy atom. The molecule has 4 rings (SSSR count). The lowest BCUT2D eigenvalue weighted by Gasteiger charge is -2.24. The summed E-state index contributed by atoms with van der Waals surface area (Å²) in [7, 11) is -1.42. The van der Waals surface area contributed by atoms with Gasteiger partial charge in [-0.3, -0.25) is 4.79 Å². The van der Waals surface area contributed by atoms with Gasteiger partial charge in [0.15, 0.2) is 15.6 Å². The number of oxazole rings is 1. The van der Waals surface area contributed by atoms with Gasteiger partial charge >= 0.3 is 0 Å². The third kappa shape index (κ3) is 3.96. The van der Waals surface area contributed by atoms with E-state index in [4.69, 9.17) is 4.42 Å². The molecule has 2 aromatic carbocycles. The highest BCUT2D eigenvalue weighted by atomic mass is 32.2. The number of carbonyl (C=O) groups excluding carboxylic acids is 1. The minimum atomic E-state index is -3.07. The van der Waals surface area contributed by atoms with Crippen molar-refractivity contribution in [2.75, 3.05) is 18.6 Å². The molecule has 1 saturated heterocycles. The minimum Gasteiger partial charge on any atom is -0.436 e. The van der Waals surface area contributed by atoms with Crippen LogP contribution in [0.5, 0.6) is 0 Å². The number of amides is 1. The summed E-state index contributed by atoms with van der Waals surface area (Å²) in [6.45, 7) is 2.02. The normalized spacial score (nSPS) is 17.9. The van der Waals surface area contributed by atoms with Gasteiger partial charge in [-0.1, -0.05) is 42.0 Å². The largest absolute Gasteiger partial charge is 0.436 e. The summed E-state index contributed by atoms with van der Waals surface area (Å²) in [5.41, 5.74) is 3.09. The maximum absolute atomic E-state index is 13.1. The summed E-state index contributed by atoms with van der Waals surface area (Å²) < 4.78 is 29.5. The van der Waals surface area contributed by atoms with Crippen molar-refractivity contribution in [1.29, 1.82) is 0 Å². The molecule has 2 heterocycles. The summed E-state index contributed by atoms with van der Waals surface area (Å²) >= 11 is 0. The zero-order valence-electron chi connectivity index (χ0n) is 16.3. The molecule has 1 aliphatic rings. The molecular weight excluding hydrogens is 388 g/mol. The fourth-order valence-electron chi connectivity index (χ4n) is 3.54. The molecule has 0 bridgehead atoms. The first kappa shape index (κ1) is 19.4. The molecule has 1 aliphatic heterocycles. The van der Waals surface area contributed by atoms with Gasteiger partial charge in [-0.05, 0) is 25.5 Å². The van der Waals surface area contributed by atoms with Gasteiger partial charge in [-0.2, -0.15) is 0 Å². The molecule has 0 saturated carbocycles. The van der Waals surface area contributed by atoms with Gasteiger partial charge in [0.1, 0.15) is 0 Å². The quantitative estimate of drug-likeness (QED) is 0.657. The van der Waals surface area contributed by atoms with Crippen LogP contribution in [-0.4, -0.2) is 48.8 Å². The van der Waals surface area contributed by atoms with Crippen LogP contribution in [0.1, 0.15) is 22.3 Å².